The van der Waals surface area contributed by atoms with Crippen molar-refractivity contribution in [1.82, 2.24) is 9.47 Å². The highest BCUT2D eigenvalue weighted by molar-refractivity contribution is 8.26. The molecule has 0 atom stereocenters. The summed E-state index contributed by atoms with van der Waals surface area (Å²) in [5.74, 6) is -1.08. The molecule has 12 heteroatoms. The van der Waals surface area contributed by atoms with Crippen LogP contribution in [0.2, 0.25) is 0 Å². The minimum absolute atomic E-state index is 0.0254. The molecule has 2 aliphatic rings. The molecule has 1 N–H and O–H groups in total. The summed E-state index contributed by atoms with van der Waals surface area (Å²) < 4.78 is 15.3. The summed E-state index contributed by atoms with van der Waals surface area (Å²) in [6, 6.07) is 8.40. The van der Waals surface area contributed by atoms with E-state index in [1.54, 1.807) is 29.7 Å². The van der Waals surface area contributed by atoms with E-state index in [0.717, 1.165) is 30.3 Å². The van der Waals surface area contributed by atoms with Crippen molar-refractivity contribution in [2.45, 2.75) is 39.7 Å². The maximum atomic E-state index is 13.5. The van der Waals surface area contributed by atoms with Gasteiger partial charge in [-0.3, -0.25) is 23.9 Å². The van der Waals surface area contributed by atoms with E-state index in [1.807, 2.05) is 6.92 Å². The van der Waals surface area contributed by atoms with Crippen molar-refractivity contribution in [3.05, 3.63) is 62.0 Å². The van der Waals surface area contributed by atoms with Gasteiger partial charge in [0, 0.05) is 50.5 Å². The van der Waals surface area contributed by atoms with Crippen LogP contribution in [0.15, 0.2) is 34.0 Å². The molecule has 0 unspecified atom stereocenters. The molecular weight excluding hydrogens is 553 g/mol. The quantitative estimate of drug-likeness (QED) is 0.346. The van der Waals surface area contributed by atoms with Gasteiger partial charge in [0.25, 0.3) is 11.5 Å². The highest BCUT2D eigenvalue weighted by atomic mass is 32.2. The predicted molar refractivity (Wildman–Crippen MR) is 158 cm³/mol. The lowest BCUT2D eigenvalue weighted by Crippen LogP contribution is -2.48. The molecule has 3 heterocycles. The van der Waals surface area contributed by atoms with Gasteiger partial charge < -0.3 is 14.9 Å². The number of carbonyl (C=O) groups is 2. The topological polar surface area (TPSA) is 110 Å². The first-order valence-electron chi connectivity index (χ1n) is 13.1. The van der Waals surface area contributed by atoms with E-state index in [0.29, 0.717) is 54.6 Å². The number of thioether (sulfide) groups is 1. The van der Waals surface area contributed by atoms with Gasteiger partial charge in [0.05, 0.1) is 11.3 Å². The van der Waals surface area contributed by atoms with Gasteiger partial charge in [0.15, 0.2) is 0 Å². The number of unbranched alkanes of at least 4 members (excludes halogenated alkanes) is 1. The van der Waals surface area contributed by atoms with Crippen molar-refractivity contribution in [1.29, 1.82) is 5.26 Å². The number of halogens is 1. The van der Waals surface area contributed by atoms with Crippen molar-refractivity contribution >= 4 is 57.8 Å². The average Bonchev–Trinajstić information content (AvgIpc) is 3.20. The van der Waals surface area contributed by atoms with Gasteiger partial charge in [-0.15, -0.1) is 0 Å². The van der Waals surface area contributed by atoms with E-state index in [2.05, 4.69) is 15.9 Å². The molecular formula is C28H30FN5O4S2. The zero-order valence-electron chi connectivity index (χ0n) is 22.4. The van der Waals surface area contributed by atoms with Crippen LogP contribution in [0.3, 0.4) is 0 Å². The van der Waals surface area contributed by atoms with Crippen LogP contribution in [0.1, 0.15) is 42.9 Å². The SMILES string of the molecule is CCCCn1c(N2CCN(c3ccc(F)cc3)CC2)c(C=C2SC(=S)N(CCC(=O)O)C2=O)c(C)c(C#N)c1=O. The number of amides is 1. The normalized spacial score (nSPS) is 16.6. The van der Waals surface area contributed by atoms with Crippen LogP contribution in [-0.4, -0.2) is 63.5 Å². The maximum absolute atomic E-state index is 13.5. The van der Waals surface area contributed by atoms with Crippen molar-refractivity contribution in [3.8, 4) is 6.07 Å². The maximum Gasteiger partial charge on any atom is 0.305 e. The van der Waals surface area contributed by atoms with E-state index in [-0.39, 0.29) is 34.2 Å². The standard InChI is InChI=1S/C28H30FN5O4S2/c1-3-4-10-33-25(32-14-12-31(13-15-32)20-7-5-19(29)6-8-20)21(18(2)22(17-30)26(33)37)16-23-27(38)34(28(39)40-23)11-9-24(35)36/h5-8,16H,3-4,9-15H2,1-2H3,(H,35,36). The molecule has 210 valence electrons. The van der Waals surface area contributed by atoms with E-state index in [4.69, 9.17) is 17.3 Å². The highest BCUT2D eigenvalue weighted by Gasteiger charge is 2.34. The Morgan fingerprint density at radius 2 is 1.80 bits per heavy atom. The zero-order chi connectivity index (χ0) is 29.0. The van der Waals surface area contributed by atoms with Crippen molar-refractivity contribution in [2.24, 2.45) is 0 Å². The van der Waals surface area contributed by atoms with Crippen LogP contribution in [0, 0.1) is 24.1 Å². The van der Waals surface area contributed by atoms with Crippen molar-refractivity contribution in [2.75, 3.05) is 42.5 Å². The third kappa shape index (κ3) is 6.05. The van der Waals surface area contributed by atoms with Gasteiger partial charge in [-0.05, 0) is 49.2 Å². The number of hydrogen-bond acceptors (Lipinski definition) is 8. The average molecular weight is 584 g/mol. The second-order valence-corrected chi connectivity index (χ2v) is 11.3. The molecule has 9 nitrogen and oxygen atoms in total. The molecule has 2 aliphatic heterocycles. The van der Waals surface area contributed by atoms with Crippen LogP contribution in [0.25, 0.3) is 6.08 Å². The van der Waals surface area contributed by atoms with Gasteiger partial charge in [0.1, 0.15) is 27.6 Å². The number of thiocarbonyl (C=S) groups is 1. The number of aromatic nitrogens is 1. The Morgan fingerprint density at radius 3 is 2.40 bits per heavy atom. The number of benzene rings is 1. The lowest BCUT2D eigenvalue weighted by molar-refractivity contribution is -0.137. The summed E-state index contributed by atoms with van der Waals surface area (Å²) in [4.78, 5) is 43.6. The molecule has 2 fully saturated rings. The van der Waals surface area contributed by atoms with E-state index in [9.17, 15) is 24.0 Å². The molecule has 0 bridgehead atoms. The van der Waals surface area contributed by atoms with Gasteiger partial charge in [-0.1, -0.05) is 37.3 Å². The number of rotatable bonds is 9. The smallest absolute Gasteiger partial charge is 0.305 e. The Balaban J connectivity index is 1.76. The summed E-state index contributed by atoms with van der Waals surface area (Å²) in [7, 11) is 0. The number of nitriles is 1. The molecule has 2 saturated heterocycles. The number of pyridine rings is 1. The van der Waals surface area contributed by atoms with Gasteiger partial charge in [-0.2, -0.15) is 5.26 Å². The fourth-order valence-corrected chi connectivity index (χ4v) is 6.16. The highest BCUT2D eigenvalue weighted by Crippen LogP contribution is 2.36. The Morgan fingerprint density at radius 1 is 1.15 bits per heavy atom. The molecule has 0 saturated carbocycles. The predicted octanol–water partition coefficient (Wildman–Crippen LogP) is 3.97. The molecule has 0 spiro atoms. The van der Waals surface area contributed by atoms with E-state index in [1.165, 1.54) is 17.0 Å². The minimum Gasteiger partial charge on any atom is -0.481 e. The lowest BCUT2D eigenvalue weighted by Gasteiger charge is -2.39. The van der Waals surface area contributed by atoms with E-state index < -0.39 is 11.9 Å². The van der Waals surface area contributed by atoms with Gasteiger partial charge >= 0.3 is 5.97 Å². The number of carboxylic acids is 1. The van der Waals surface area contributed by atoms with Crippen LogP contribution in [-0.2, 0) is 16.1 Å². The third-order valence-electron chi connectivity index (χ3n) is 7.05. The van der Waals surface area contributed by atoms with Crippen LogP contribution < -0.4 is 15.4 Å². The Kier molecular flexibility index (Phi) is 9.27. The second kappa shape index (κ2) is 12.7. The first-order chi connectivity index (χ1) is 19.2. The molecule has 2 aromatic rings. The van der Waals surface area contributed by atoms with Crippen LogP contribution in [0.4, 0.5) is 15.9 Å². The first kappa shape index (κ1) is 29.3. The fraction of sp³-hybridized carbons (Fsp3) is 0.393. The summed E-state index contributed by atoms with van der Waals surface area (Å²) in [5.41, 5.74) is 1.65. The number of carbonyl (C=O) groups excluding carboxylic acids is 1. The molecule has 0 aliphatic carbocycles. The number of piperazine rings is 1. The summed E-state index contributed by atoms with van der Waals surface area (Å²) in [6.07, 6.45) is 3.02. The third-order valence-corrected chi connectivity index (χ3v) is 8.43. The van der Waals surface area contributed by atoms with E-state index >= 15 is 0 Å². The Hall–Kier alpha value is -3.69. The first-order valence-corrected chi connectivity index (χ1v) is 14.3. The van der Waals surface area contributed by atoms with Gasteiger partial charge in [-0.25, -0.2) is 4.39 Å². The number of anilines is 2. The second-order valence-electron chi connectivity index (χ2n) is 9.59. The molecule has 1 amide bonds. The summed E-state index contributed by atoms with van der Waals surface area (Å²) >= 11 is 6.44. The zero-order valence-corrected chi connectivity index (χ0v) is 24.0. The minimum atomic E-state index is -1.03. The van der Waals surface area contributed by atoms with Crippen molar-refractivity contribution in [3.63, 3.8) is 0 Å². The van der Waals surface area contributed by atoms with Crippen LogP contribution >= 0.6 is 24.0 Å². The number of nitrogens with zero attached hydrogens (tertiary/aromatic N) is 5. The molecule has 0 radical (unpaired) electrons. The Bertz CT molecular complexity index is 1460. The monoisotopic (exact) mass is 583 g/mol. The van der Waals surface area contributed by atoms with Crippen molar-refractivity contribution < 1.29 is 19.1 Å². The number of hydrogen-bond donors (Lipinski definition) is 1. The summed E-state index contributed by atoms with van der Waals surface area (Å²) in [6.45, 7) is 6.50. The Labute approximate surface area is 241 Å². The summed E-state index contributed by atoms with van der Waals surface area (Å²) in [5, 5.41) is 18.9. The molecule has 40 heavy (non-hydrogen) atoms. The van der Waals surface area contributed by atoms with Crippen LogP contribution in [0.5, 0.6) is 0 Å². The lowest BCUT2D eigenvalue weighted by atomic mass is 10.0. The number of carboxylic acid groups (broad SMARTS) is 1. The number of aliphatic carboxylic acids is 1. The van der Waals surface area contributed by atoms with Gasteiger partial charge in [0.2, 0.25) is 0 Å². The molecule has 4 rings (SSSR count). The largest absolute Gasteiger partial charge is 0.481 e. The molecule has 1 aromatic heterocycles. The fourth-order valence-electron chi connectivity index (χ4n) is 4.87. The molecule has 1 aromatic carbocycles.